The van der Waals surface area contributed by atoms with Crippen LogP contribution < -0.4 is 14.8 Å². The highest BCUT2D eigenvalue weighted by atomic mass is 32.2. The number of nitrogens with zero attached hydrogens (tertiary/aromatic N) is 2. The lowest BCUT2D eigenvalue weighted by atomic mass is 10.1. The highest BCUT2D eigenvalue weighted by Gasteiger charge is 2.20. The number of methoxy groups -OCH3 is 1. The molecule has 0 aliphatic rings. The molecule has 2 N–H and O–H groups in total. The molecule has 0 unspecified atom stereocenters. The largest absolute Gasteiger partial charge is 0.497 e. The Morgan fingerprint density at radius 2 is 1.90 bits per heavy atom. The molecule has 0 atom stereocenters. The molecule has 1 heterocycles. The Labute approximate surface area is 173 Å². The fraction of sp³-hybridized carbons (Fsp3) is 0.211. The van der Waals surface area contributed by atoms with Gasteiger partial charge >= 0.3 is 0 Å². The minimum atomic E-state index is -3.81. The first kappa shape index (κ1) is 20.9. The molecule has 0 saturated heterocycles. The van der Waals surface area contributed by atoms with Gasteiger partial charge < -0.3 is 4.74 Å². The first-order valence-electron chi connectivity index (χ1n) is 8.71. The summed E-state index contributed by atoms with van der Waals surface area (Å²) in [5.74, 6) is 0.365. The lowest BCUT2D eigenvalue weighted by Crippen LogP contribution is -2.25. The van der Waals surface area contributed by atoms with Gasteiger partial charge in [0.25, 0.3) is 15.9 Å². The number of hydrogen-bond acceptors (Lipinski definition) is 7. The van der Waals surface area contributed by atoms with Crippen molar-refractivity contribution in [2.24, 2.45) is 0 Å². The Morgan fingerprint density at radius 1 is 1.14 bits per heavy atom. The summed E-state index contributed by atoms with van der Waals surface area (Å²) in [6, 6.07) is 14.4. The summed E-state index contributed by atoms with van der Waals surface area (Å²) in [5.41, 5.74) is 2.37. The van der Waals surface area contributed by atoms with E-state index in [0.29, 0.717) is 12.0 Å². The van der Waals surface area contributed by atoms with Crippen LogP contribution in [0.1, 0.15) is 21.5 Å². The molecule has 0 saturated carbocycles. The zero-order chi connectivity index (χ0) is 20.9. The van der Waals surface area contributed by atoms with Crippen LogP contribution in [0, 0.1) is 6.92 Å². The first-order chi connectivity index (χ1) is 13.9. The predicted molar refractivity (Wildman–Crippen MR) is 111 cm³/mol. The normalized spacial score (nSPS) is 11.2. The van der Waals surface area contributed by atoms with Crippen LogP contribution in [0.25, 0.3) is 0 Å². The van der Waals surface area contributed by atoms with Gasteiger partial charge in [0, 0.05) is 12.1 Å². The summed E-state index contributed by atoms with van der Waals surface area (Å²) in [6.45, 7) is 2.09. The van der Waals surface area contributed by atoms with Crippen molar-refractivity contribution >= 4 is 32.4 Å². The highest BCUT2D eigenvalue weighted by molar-refractivity contribution is 7.91. The maximum atomic E-state index is 12.4. The Morgan fingerprint density at radius 3 is 2.59 bits per heavy atom. The standard InChI is InChI=1S/C19H20N4O4S2/c1-13-4-3-5-15(12-13)17(24)21-18-22-23-19(28-18)29(25,26)20-11-10-14-6-8-16(27-2)9-7-14/h3-9,12,20H,10-11H2,1-2H3,(H,21,22,24). The molecule has 0 aliphatic heterocycles. The quantitative estimate of drug-likeness (QED) is 0.530. The maximum Gasteiger partial charge on any atom is 0.269 e. The number of carbonyl (C=O) groups is 1. The third-order valence-electron chi connectivity index (χ3n) is 4.00. The summed E-state index contributed by atoms with van der Waals surface area (Å²) in [6.07, 6.45) is 0.513. The molecule has 29 heavy (non-hydrogen) atoms. The van der Waals surface area contributed by atoms with Crippen LogP contribution >= 0.6 is 11.3 Å². The van der Waals surface area contributed by atoms with Crippen molar-refractivity contribution < 1.29 is 17.9 Å². The molecule has 3 aromatic rings. The molecule has 8 nitrogen and oxygen atoms in total. The molecular formula is C19H20N4O4S2. The molecular weight excluding hydrogens is 412 g/mol. The van der Waals surface area contributed by atoms with E-state index in [-0.39, 0.29) is 21.9 Å². The number of benzene rings is 2. The van der Waals surface area contributed by atoms with Crippen molar-refractivity contribution in [1.82, 2.24) is 14.9 Å². The van der Waals surface area contributed by atoms with Crippen LogP contribution in [0.2, 0.25) is 0 Å². The van der Waals surface area contributed by atoms with E-state index < -0.39 is 10.0 Å². The van der Waals surface area contributed by atoms with E-state index in [0.717, 1.165) is 28.2 Å². The van der Waals surface area contributed by atoms with Crippen molar-refractivity contribution in [2.75, 3.05) is 19.0 Å². The van der Waals surface area contributed by atoms with Gasteiger partial charge in [0.15, 0.2) is 0 Å². The number of carbonyl (C=O) groups excluding carboxylic acids is 1. The zero-order valence-corrected chi connectivity index (χ0v) is 17.5. The van der Waals surface area contributed by atoms with Crippen molar-refractivity contribution in [1.29, 1.82) is 0 Å². The van der Waals surface area contributed by atoms with Crippen LogP contribution in [0.15, 0.2) is 52.9 Å². The van der Waals surface area contributed by atoms with E-state index in [9.17, 15) is 13.2 Å². The second kappa shape index (κ2) is 9.12. The van der Waals surface area contributed by atoms with Crippen LogP contribution in [0.4, 0.5) is 5.13 Å². The number of rotatable bonds is 8. The Kier molecular flexibility index (Phi) is 6.57. The predicted octanol–water partition coefficient (Wildman–Crippen LogP) is 2.63. The number of aromatic nitrogens is 2. The molecule has 1 amide bonds. The van der Waals surface area contributed by atoms with Crippen LogP contribution in [-0.4, -0.2) is 38.2 Å². The van der Waals surface area contributed by atoms with Crippen LogP contribution in [0.3, 0.4) is 0 Å². The van der Waals surface area contributed by atoms with Crippen molar-refractivity contribution in [3.05, 3.63) is 65.2 Å². The Balaban J connectivity index is 1.58. The van der Waals surface area contributed by atoms with Gasteiger partial charge in [-0.25, -0.2) is 13.1 Å². The van der Waals surface area contributed by atoms with Gasteiger partial charge in [-0.15, -0.1) is 10.2 Å². The summed E-state index contributed by atoms with van der Waals surface area (Å²) < 4.78 is 32.2. The van der Waals surface area contributed by atoms with Gasteiger partial charge in [0.05, 0.1) is 7.11 Å². The number of sulfonamides is 1. The molecule has 0 aliphatic carbocycles. The number of aryl methyl sites for hydroxylation is 1. The minimum absolute atomic E-state index is 0.118. The summed E-state index contributed by atoms with van der Waals surface area (Å²) in [4.78, 5) is 12.3. The van der Waals surface area contributed by atoms with Crippen molar-refractivity contribution in [3.63, 3.8) is 0 Å². The number of hydrogen-bond donors (Lipinski definition) is 2. The number of anilines is 1. The topological polar surface area (TPSA) is 110 Å². The second-order valence-electron chi connectivity index (χ2n) is 6.19. The maximum absolute atomic E-state index is 12.4. The molecule has 2 aromatic carbocycles. The van der Waals surface area contributed by atoms with Gasteiger partial charge in [-0.2, -0.15) is 0 Å². The van der Waals surface area contributed by atoms with Crippen LogP contribution in [0.5, 0.6) is 5.75 Å². The van der Waals surface area contributed by atoms with Gasteiger partial charge in [0.1, 0.15) is 5.75 Å². The van der Waals surface area contributed by atoms with E-state index in [2.05, 4.69) is 20.2 Å². The Hall–Kier alpha value is -2.82. The van der Waals surface area contributed by atoms with E-state index in [4.69, 9.17) is 4.74 Å². The molecule has 152 valence electrons. The SMILES string of the molecule is COc1ccc(CCNS(=O)(=O)c2nnc(NC(=O)c3cccc(C)c3)s2)cc1. The average Bonchev–Trinajstić information content (AvgIpc) is 3.18. The molecule has 0 bridgehead atoms. The fourth-order valence-corrected chi connectivity index (χ4v) is 4.48. The minimum Gasteiger partial charge on any atom is -0.497 e. The molecule has 0 radical (unpaired) electrons. The van der Waals surface area contributed by atoms with Gasteiger partial charge in [0.2, 0.25) is 9.47 Å². The molecule has 0 fully saturated rings. The third kappa shape index (κ3) is 5.59. The van der Waals surface area contributed by atoms with E-state index in [1.54, 1.807) is 25.3 Å². The van der Waals surface area contributed by atoms with Gasteiger partial charge in [-0.05, 0) is 43.2 Å². The molecule has 1 aromatic heterocycles. The zero-order valence-electron chi connectivity index (χ0n) is 15.9. The first-order valence-corrected chi connectivity index (χ1v) is 11.0. The van der Waals surface area contributed by atoms with Crippen molar-refractivity contribution in [2.45, 2.75) is 17.7 Å². The molecule has 0 spiro atoms. The lowest BCUT2D eigenvalue weighted by molar-refractivity contribution is 0.102. The number of amides is 1. The smallest absolute Gasteiger partial charge is 0.269 e. The fourth-order valence-electron chi connectivity index (χ4n) is 2.51. The van der Waals surface area contributed by atoms with Crippen LogP contribution in [-0.2, 0) is 16.4 Å². The highest BCUT2D eigenvalue weighted by Crippen LogP contribution is 2.20. The van der Waals surface area contributed by atoms with E-state index >= 15 is 0 Å². The number of ether oxygens (including phenoxy) is 1. The lowest BCUT2D eigenvalue weighted by Gasteiger charge is -2.05. The van der Waals surface area contributed by atoms with E-state index in [1.807, 2.05) is 37.3 Å². The summed E-state index contributed by atoms with van der Waals surface area (Å²) >= 11 is 0.797. The second-order valence-corrected chi connectivity index (χ2v) is 9.11. The molecule has 3 rings (SSSR count). The van der Waals surface area contributed by atoms with E-state index in [1.165, 1.54) is 0 Å². The van der Waals surface area contributed by atoms with Gasteiger partial charge in [-0.1, -0.05) is 41.2 Å². The Bertz CT molecular complexity index is 1100. The summed E-state index contributed by atoms with van der Waals surface area (Å²) in [7, 11) is -2.22. The third-order valence-corrected chi connectivity index (χ3v) is 6.67. The van der Waals surface area contributed by atoms with Gasteiger partial charge in [-0.3, -0.25) is 10.1 Å². The molecule has 10 heteroatoms. The summed E-state index contributed by atoms with van der Waals surface area (Å²) in [5, 5.41) is 10.1. The van der Waals surface area contributed by atoms with Crippen molar-refractivity contribution in [3.8, 4) is 5.75 Å². The number of nitrogens with one attached hydrogen (secondary N) is 2. The average molecular weight is 433 g/mol. The monoisotopic (exact) mass is 432 g/mol.